The van der Waals surface area contributed by atoms with Crippen molar-refractivity contribution in [3.8, 4) is 0 Å². The second-order valence-electron chi connectivity index (χ2n) is 7.06. The number of nitrogens with one attached hydrogen (secondary N) is 2. The van der Waals surface area contributed by atoms with E-state index in [9.17, 15) is 0 Å². The van der Waals surface area contributed by atoms with Gasteiger partial charge in [-0.2, -0.15) is 0 Å². The molecule has 4 N–H and O–H groups in total. The summed E-state index contributed by atoms with van der Waals surface area (Å²) in [6.07, 6.45) is 7.25. The van der Waals surface area contributed by atoms with Crippen LogP contribution in [0.25, 0.3) is 0 Å². The van der Waals surface area contributed by atoms with Gasteiger partial charge in [-0.25, -0.2) is 15.8 Å². The van der Waals surface area contributed by atoms with Crippen molar-refractivity contribution >= 4 is 11.6 Å². The van der Waals surface area contributed by atoms with Crippen molar-refractivity contribution in [2.24, 2.45) is 23.6 Å². The predicted octanol–water partition coefficient (Wildman–Crippen LogP) is 3.12. The first-order valence-electron chi connectivity index (χ1n) is 8.18. The van der Waals surface area contributed by atoms with Gasteiger partial charge in [0.25, 0.3) is 0 Å². The van der Waals surface area contributed by atoms with Gasteiger partial charge in [-0.1, -0.05) is 20.3 Å². The molecule has 1 aromatic rings. The zero-order chi connectivity index (χ0) is 15.0. The number of nitrogens with two attached hydrogens (primary N) is 1. The molecule has 0 saturated heterocycles. The summed E-state index contributed by atoms with van der Waals surface area (Å²) in [4.78, 5) is 8.70. The van der Waals surface area contributed by atoms with E-state index in [2.05, 4.69) is 41.5 Å². The van der Waals surface area contributed by atoms with Gasteiger partial charge in [0.15, 0.2) is 0 Å². The lowest BCUT2D eigenvalue weighted by atomic mass is 9.84. The van der Waals surface area contributed by atoms with Crippen molar-refractivity contribution in [1.82, 2.24) is 9.97 Å². The van der Waals surface area contributed by atoms with Gasteiger partial charge in [0.2, 0.25) is 0 Å². The van der Waals surface area contributed by atoms with Crippen LogP contribution in [-0.4, -0.2) is 16.0 Å². The van der Waals surface area contributed by atoms with Gasteiger partial charge >= 0.3 is 0 Å². The van der Waals surface area contributed by atoms with Crippen molar-refractivity contribution in [2.75, 3.05) is 10.7 Å². The molecule has 2 aliphatic rings. The Morgan fingerprint density at radius 2 is 1.90 bits per heavy atom. The van der Waals surface area contributed by atoms with Crippen molar-refractivity contribution in [3.05, 3.63) is 11.9 Å². The van der Waals surface area contributed by atoms with E-state index in [1.807, 2.05) is 0 Å². The molecule has 0 amide bonds. The van der Waals surface area contributed by atoms with E-state index in [4.69, 9.17) is 5.84 Å². The van der Waals surface area contributed by atoms with Gasteiger partial charge in [0.1, 0.15) is 18.0 Å². The highest BCUT2D eigenvalue weighted by Gasteiger charge is 2.42. The van der Waals surface area contributed by atoms with Crippen LogP contribution in [0.4, 0.5) is 11.6 Å². The summed E-state index contributed by atoms with van der Waals surface area (Å²) in [7, 11) is 0. The quantitative estimate of drug-likeness (QED) is 0.573. The molecule has 5 nitrogen and oxygen atoms in total. The summed E-state index contributed by atoms with van der Waals surface area (Å²) in [5, 5.41) is 3.65. The third-order valence-electron chi connectivity index (χ3n) is 5.40. The van der Waals surface area contributed by atoms with Crippen molar-refractivity contribution < 1.29 is 0 Å². The molecule has 5 heteroatoms. The first kappa shape index (κ1) is 14.6. The number of hydrogen-bond donors (Lipinski definition) is 3. The van der Waals surface area contributed by atoms with E-state index >= 15 is 0 Å². The highest BCUT2D eigenvalue weighted by Crippen LogP contribution is 2.50. The number of fused-ring (bicyclic) bond motifs is 2. The van der Waals surface area contributed by atoms with E-state index in [0.717, 1.165) is 35.0 Å². The molecule has 4 unspecified atom stereocenters. The third kappa shape index (κ3) is 2.71. The maximum atomic E-state index is 5.59. The number of anilines is 2. The number of hydrazine groups is 1. The van der Waals surface area contributed by atoms with Crippen LogP contribution in [-0.2, 0) is 0 Å². The molecule has 3 rings (SSSR count). The molecule has 4 atom stereocenters. The fourth-order valence-electron chi connectivity index (χ4n) is 4.40. The van der Waals surface area contributed by atoms with Crippen LogP contribution in [0.3, 0.4) is 0 Å². The third-order valence-corrected chi connectivity index (χ3v) is 5.40. The number of nitrogen functional groups attached to an aromatic ring is 1. The topological polar surface area (TPSA) is 75.9 Å². The minimum atomic E-state index is 0.326. The molecule has 0 spiro atoms. The lowest BCUT2D eigenvalue weighted by molar-refractivity contribution is 0.304. The highest BCUT2D eigenvalue weighted by molar-refractivity contribution is 5.58. The summed E-state index contributed by atoms with van der Waals surface area (Å²) in [5.41, 5.74) is 3.77. The van der Waals surface area contributed by atoms with Crippen LogP contribution in [0.2, 0.25) is 0 Å². The van der Waals surface area contributed by atoms with Gasteiger partial charge < -0.3 is 10.7 Å². The summed E-state index contributed by atoms with van der Waals surface area (Å²) in [6.45, 7) is 6.59. The molecule has 1 aromatic heterocycles. The Bertz CT molecular complexity index is 501. The zero-order valence-corrected chi connectivity index (χ0v) is 13.3. The monoisotopic (exact) mass is 289 g/mol. The smallest absolute Gasteiger partial charge is 0.148 e. The first-order chi connectivity index (χ1) is 10.1. The van der Waals surface area contributed by atoms with Gasteiger partial charge in [-0.15, -0.1) is 0 Å². The van der Waals surface area contributed by atoms with Crippen LogP contribution >= 0.6 is 0 Å². The van der Waals surface area contributed by atoms with E-state index < -0.39 is 0 Å². The van der Waals surface area contributed by atoms with E-state index in [0.29, 0.717) is 12.0 Å². The zero-order valence-electron chi connectivity index (χ0n) is 13.3. The lowest BCUT2D eigenvalue weighted by Crippen LogP contribution is -2.31. The van der Waals surface area contributed by atoms with Crippen LogP contribution in [0, 0.1) is 17.8 Å². The molecule has 2 bridgehead atoms. The Morgan fingerprint density at radius 3 is 2.48 bits per heavy atom. The second-order valence-corrected chi connectivity index (χ2v) is 7.06. The maximum Gasteiger partial charge on any atom is 0.148 e. The first-order valence-corrected chi connectivity index (χ1v) is 8.18. The van der Waals surface area contributed by atoms with E-state index in [-0.39, 0.29) is 0 Å². The number of hydrogen-bond acceptors (Lipinski definition) is 5. The minimum Gasteiger partial charge on any atom is -0.367 e. The minimum absolute atomic E-state index is 0.326. The molecule has 116 valence electrons. The van der Waals surface area contributed by atoms with Crippen LogP contribution < -0.4 is 16.6 Å². The van der Waals surface area contributed by atoms with E-state index in [1.54, 1.807) is 6.33 Å². The summed E-state index contributed by atoms with van der Waals surface area (Å²) in [5.74, 6) is 10.2. The average molecular weight is 289 g/mol. The Balaban J connectivity index is 1.78. The summed E-state index contributed by atoms with van der Waals surface area (Å²) < 4.78 is 0. The fourth-order valence-corrected chi connectivity index (χ4v) is 4.40. The molecule has 0 aromatic carbocycles. The molecule has 2 saturated carbocycles. The number of aromatic nitrogens is 2. The van der Waals surface area contributed by atoms with Crippen molar-refractivity contribution in [2.45, 2.75) is 58.4 Å². The van der Waals surface area contributed by atoms with Crippen molar-refractivity contribution in [3.63, 3.8) is 0 Å². The molecule has 1 heterocycles. The summed E-state index contributed by atoms with van der Waals surface area (Å²) >= 11 is 0. The normalized spacial score (nSPS) is 28.9. The Kier molecular flexibility index (Phi) is 4.02. The Hall–Kier alpha value is -1.36. The van der Waals surface area contributed by atoms with Crippen LogP contribution in [0.5, 0.6) is 0 Å². The SMILES string of the molecule is CC(C)c1c(NN)ncnc1NC(C)C1CC2CCC1C2. The lowest BCUT2D eigenvalue weighted by Gasteiger charge is -2.30. The molecular weight excluding hydrogens is 262 g/mol. The molecule has 0 radical (unpaired) electrons. The largest absolute Gasteiger partial charge is 0.367 e. The Morgan fingerprint density at radius 1 is 1.14 bits per heavy atom. The number of nitrogens with zero attached hydrogens (tertiary/aromatic N) is 2. The fraction of sp³-hybridized carbons (Fsp3) is 0.750. The van der Waals surface area contributed by atoms with Crippen LogP contribution in [0.15, 0.2) is 6.33 Å². The molecule has 21 heavy (non-hydrogen) atoms. The van der Waals surface area contributed by atoms with Crippen molar-refractivity contribution in [1.29, 1.82) is 0 Å². The summed E-state index contributed by atoms with van der Waals surface area (Å²) in [6, 6.07) is 0.457. The predicted molar refractivity (Wildman–Crippen MR) is 86.0 cm³/mol. The second kappa shape index (κ2) is 5.79. The van der Waals surface area contributed by atoms with Gasteiger partial charge in [-0.3, -0.25) is 0 Å². The molecule has 0 aliphatic heterocycles. The average Bonchev–Trinajstić information content (AvgIpc) is 3.09. The van der Waals surface area contributed by atoms with E-state index in [1.165, 1.54) is 25.7 Å². The molecule has 2 aliphatic carbocycles. The van der Waals surface area contributed by atoms with Gasteiger partial charge in [0, 0.05) is 11.6 Å². The maximum absolute atomic E-state index is 5.59. The standard InChI is InChI=1S/C16H27N5/c1-9(2)14-15(18-8-19-16(14)21-17)20-10(3)13-7-11-4-5-12(13)6-11/h8-13H,4-7,17H2,1-3H3,(H2,18,19,20,21). The molecule has 2 fully saturated rings. The Labute approximate surface area is 127 Å². The highest BCUT2D eigenvalue weighted by atomic mass is 15.3. The van der Waals surface area contributed by atoms with Crippen LogP contribution in [0.1, 0.15) is 57.9 Å². The molecular formula is C16H27N5. The van der Waals surface area contributed by atoms with Gasteiger partial charge in [0.05, 0.1) is 0 Å². The van der Waals surface area contributed by atoms with Gasteiger partial charge in [-0.05, 0) is 49.9 Å². The number of rotatable bonds is 5.